The van der Waals surface area contributed by atoms with E-state index in [0.717, 1.165) is 13.1 Å². The second kappa shape index (κ2) is 5.29. The van der Waals surface area contributed by atoms with E-state index in [1.165, 1.54) is 12.8 Å². The number of methoxy groups -OCH3 is 1. The zero-order chi connectivity index (χ0) is 12.3. The number of hydrogen-bond acceptors (Lipinski definition) is 4. The molecule has 0 saturated carbocycles. The van der Waals surface area contributed by atoms with E-state index in [4.69, 9.17) is 4.74 Å². The van der Waals surface area contributed by atoms with Gasteiger partial charge in [0.05, 0.1) is 18.1 Å². The lowest BCUT2D eigenvalue weighted by atomic mass is 10.2. The zero-order valence-electron chi connectivity index (χ0n) is 10.2. The molecule has 1 aromatic rings. The third kappa shape index (κ3) is 2.83. The molecular weight excluding hydrogens is 220 g/mol. The summed E-state index contributed by atoms with van der Waals surface area (Å²) in [6.45, 7) is 2.54. The largest absolute Gasteiger partial charge is 0.375 e. The number of rotatable bonds is 4. The van der Waals surface area contributed by atoms with Crippen molar-refractivity contribution < 1.29 is 9.53 Å². The second-order valence-electron chi connectivity index (χ2n) is 4.38. The first-order chi connectivity index (χ1) is 8.20. The van der Waals surface area contributed by atoms with Crippen LogP contribution in [0.5, 0.6) is 0 Å². The summed E-state index contributed by atoms with van der Waals surface area (Å²) in [7, 11) is 3.59. The first kappa shape index (κ1) is 12.1. The maximum absolute atomic E-state index is 11.3. The molecule has 0 radical (unpaired) electrons. The molecule has 6 nitrogen and oxygen atoms in total. The Hall–Kier alpha value is -1.40. The number of fused-ring (bicyclic) bond motifs is 1. The zero-order valence-corrected chi connectivity index (χ0v) is 10.2. The maximum atomic E-state index is 11.3. The summed E-state index contributed by atoms with van der Waals surface area (Å²) in [5, 5.41) is 2.87. The van der Waals surface area contributed by atoms with Gasteiger partial charge in [0.1, 0.15) is 6.61 Å². The average molecular weight is 238 g/mol. The molecule has 1 aliphatic heterocycles. The van der Waals surface area contributed by atoms with Gasteiger partial charge >= 0.3 is 0 Å². The molecule has 1 N–H and O–H groups in total. The highest BCUT2D eigenvalue weighted by Gasteiger charge is 2.22. The summed E-state index contributed by atoms with van der Waals surface area (Å²) in [4.78, 5) is 17.7. The number of hydrogen-bond donors (Lipinski definition) is 1. The van der Waals surface area contributed by atoms with Crippen LogP contribution in [0.1, 0.15) is 11.7 Å². The molecule has 94 valence electrons. The number of likely N-dealkylation sites (N-methyl/N-ethyl adjacent to an activating group) is 1. The molecule has 17 heavy (non-hydrogen) atoms. The van der Waals surface area contributed by atoms with Crippen molar-refractivity contribution in [2.45, 2.75) is 12.6 Å². The number of imidazole rings is 1. The second-order valence-corrected chi connectivity index (χ2v) is 4.38. The third-order valence-corrected chi connectivity index (χ3v) is 2.90. The minimum absolute atomic E-state index is 0.0811. The van der Waals surface area contributed by atoms with Crippen LogP contribution in [-0.2, 0) is 16.1 Å². The molecule has 2 rings (SSSR count). The fourth-order valence-corrected chi connectivity index (χ4v) is 2.15. The van der Waals surface area contributed by atoms with Crippen LogP contribution in [0.2, 0.25) is 0 Å². The van der Waals surface area contributed by atoms with E-state index in [1.807, 2.05) is 12.5 Å². The van der Waals surface area contributed by atoms with Gasteiger partial charge in [-0.1, -0.05) is 0 Å². The van der Waals surface area contributed by atoms with Crippen molar-refractivity contribution in [2.24, 2.45) is 0 Å². The van der Waals surface area contributed by atoms with Gasteiger partial charge in [0.2, 0.25) is 5.91 Å². The van der Waals surface area contributed by atoms with Crippen molar-refractivity contribution in [1.29, 1.82) is 0 Å². The molecule has 2 heterocycles. The lowest BCUT2D eigenvalue weighted by Gasteiger charge is -2.32. The molecule has 1 aromatic heterocycles. The van der Waals surface area contributed by atoms with Crippen molar-refractivity contribution in [3.63, 3.8) is 0 Å². The predicted molar refractivity (Wildman–Crippen MR) is 62.5 cm³/mol. The molecule has 0 saturated heterocycles. The van der Waals surface area contributed by atoms with Gasteiger partial charge in [0.25, 0.3) is 0 Å². The van der Waals surface area contributed by atoms with Crippen LogP contribution < -0.4 is 5.32 Å². The summed E-state index contributed by atoms with van der Waals surface area (Å²) >= 11 is 0. The summed E-state index contributed by atoms with van der Waals surface area (Å²) < 4.78 is 6.91. The first-order valence-corrected chi connectivity index (χ1v) is 5.65. The topological polar surface area (TPSA) is 59.4 Å². The van der Waals surface area contributed by atoms with Crippen LogP contribution in [0.3, 0.4) is 0 Å². The van der Waals surface area contributed by atoms with Gasteiger partial charge in [-0.25, -0.2) is 4.98 Å². The highest BCUT2D eigenvalue weighted by molar-refractivity contribution is 5.77. The van der Waals surface area contributed by atoms with Crippen LogP contribution in [-0.4, -0.2) is 54.2 Å². The fraction of sp³-hybridized carbons (Fsp3) is 0.636. The first-order valence-electron chi connectivity index (χ1n) is 5.65. The highest BCUT2D eigenvalue weighted by Crippen LogP contribution is 2.18. The normalized spacial score (nSPS) is 20.0. The van der Waals surface area contributed by atoms with E-state index in [2.05, 4.69) is 26.8 Å². The van der Waals surface area contributed by atoms with Crippen LogP contribution in [0, 0.1) is 0 Å². The Morgan fingerprint density at radius 1 is 1.71 bits per heavy atom. The van der Waals surface area contributed by atoms with Gasteiger partial charge in [-0.15, -0.1) is 0 Å². The summed E-state index contributed by atoms with van der Waals surface area (Å²) in [5.41, 5.74) is 1.18. The number of amides is 1. The van der Waals surface area contributed by atoms with Crippen LogP contribution in [0.4, 0.5) is 0 Å². The maximum Gasteiger partial charge on any atom is 0.246 e. The Labute approximate surface area is 101 Å². The summed E-state index contributed by atoms with van der Waals surface area (Å²) in [5.74, 6) is -0.0811. The summed E-state index contributed by atoms with van der Waals surface area (Å²) in [6, 6.07) is 0.243. The number of ether oxygens (including phenoxy) is 1. The molecule has 0 aliphatic carbocycles. The van der Waals surface area contributed by atoms with E-state index in [1.54, 1.807) is 0 Å². The van der Waals surface area contributed by atoms with Crippen LogP contribution in [0.25, 0.3) is 0 Å². The van der Waals surface area contributed by atoms with Gasteiger partial charge in [0, 0.05) is 32.9 Å². The fourth-order valence-electron chi connectivity index (χ4n) is 2.15. The number of nitrogens with zero attached hydrogens (tertiary/aromatic N) is 3. The molecule has 1 atom stereocenters. The van der Waals surface area contributed by atoms with Gasteiger partial charge in [-0.2, -0.15) is 0 Å². The van der Waals surface area contributed by atoms with E-state index in [9.17, 15) is 4.79 Å². The monoisotopic (exact) mass is 238 g/mol. The van der Waals surface area contributed by atoms with Crippen LogP contribution in [0.15, 0.2) is 12.5 Å². The van der Waals surface area contributed by atoms with Gasteiger partial charge < -0.3 is 14.6 Å². The lowest BCUT2D eigenvalue weighted by Crippen LogP contribution is -2.41. The molecule has 6 heteroatoms. The molecule has 1 aliphatic rings. The number of aromatic nitrogens is 2. The Kier molecular flexibility index (Phi) is 3.75. The molecular formula is C11H18N4O2. The molecule has 0 spiro atoms. The van der Waals surface area contributed by atoms with Crippen molar-refractivity contribution in [3.8, 4) is 0 Å². The average Bonchev–Trinajstić information content (AvgIpc) is 2.74. The van der Waals surface area contributed by atoms with Gasteiger partial charge in [0.15, 0.2) is 0 Å². The Balaban J connectivity index is 1.96. The van der Waals surface area contributed by atoms with Crippen molar-refractivity contribution in [3.05, 3.63) is 18.2 Å². The van der Waals surface area contributed by atoms with E-state index < -0.39 is 0 Å². The van der Waals surface area contributed by atoms with Crippen molar-refractivity contribution >= 4 is 5.91 Å². The molecule has 0 bridgehead atoms. The Bertz CT molecular complexity index is 391. The molecule has 0 fully saturated rings. The minimum atomic E-state index is -0.0811. The number of carbonyl (C=O) groups is 1. The standard InChI is InChI=1S/C11H18N4O2/c1-14-5-9-3-12-8-15(9)10(6-14)4-13-11(16)7-17-2/h3,8,10H,4-7H2,1-2H3,(H,13,16). The highest BCUT2D eigenvalue weighted by atomic mass is 16.5. The predicted octanol–water partition coefficient (Wildman–Crippen LogP) is -0.368. The van der Waals surface area contributed by atoms with Gasteiger partial charge in [-0.3, -0.25) is 9.69 Å². The van der Waals surface area contributed by atoms with E-state index in [-0.39, 0.29) is 18.6 Å². The smallest absolute Gasteiger partial charge is 0.246 e. The molecule has 0 aromatic carbocycles. The Morgan fingerprint density at radius 2 is 2.53 bits per heavy atom. The van der Waals surface area contributed by atoms with E-state index in [0.29, 0.717) is 6.54 Å². The number of carbonyl (C=O) groups excluding carboxylic acids is 1. The molecule has 1 unspecified atom stereocenters. The Morgan fingerprint density at radius 3 is 3.29 bits per heavy atom. The summed E-state index contributed by atoms with van der Waals surface area (Å²) in [6.07, 6.45) is 3.70. The van der Waals surface area contributed by atoms with Crippen molar-refractivity contribution in [2.75, 3.05) is 33.9 Å². The SMILES string of the molecule is COCC(=O)NCC1CN(C)Cc2cncn21. The number of nitrogens with one attached hydrogen (secondary N) is 1. The lowest BCUT2D eigenvalue weighted by molar-refractivity contribution is -0.124. The van der Waals surface area contributed by atoms with Crippen molar-refractivity contribution in [1.82, 2.24) is 19.8 Å². The van der Waals surface area contributed by atoms with Crippen LogP contribution >= 0.6 is 0 Å². The minimum Gasteiger partial charge on any atom is -0.375 e. The third-order valence-electron chi connectivity index (χ3n) is 2.90. The van der Waals surface area contributed by atoms with E-state index >= 15 is 0 Å². The quantitative estimate of drug-likeness (QED) is 0.777. The molecule has 1 amide bonds. The van der Waals surface area contributed by atoms with Gasteiger partial charge in [-0.05, 0) is 7.05 Å².